The number of hydrogen-bond acceptors (Lipinski definition) is 5. The van der Waals surface area contributed by atoms with E-state index in [0.29, 0.717) is 12.0 Å². The topological polar surface area (TPSA) is 87.8 Å². The quantitative estimate of drug-likeness (QED) is 0.386. The van der Waals surface area contributed by atoms with Crippen LogP contribution in [0.3, 0.4) is 0 Å². The van der Waals surface area contributed by atoms with Gasteiger partial charge < -0.3 is 5.11 Å². The van der Waals surface area contributed by atoms with E-state index in [4.69, 9.17) is 5.11 Å². The molecular formula is C29H47FN4O2. The number of amidine groups is 2. The molecule has 6 nitrogen and oxygen atoms in total. The van der Waals surface area contributed by atoms with Crippen molar-refractivity contribution >= 4 is 17.6 Å². The number of carboxylic acid groups (broad SMARTS) is 1. The van der Waals surface area contributed by atoms with Crippen molar-refractivity contribution in [3.8, 4) is 0 Å². The minimum Gasteiger partial charge on any atom is -0.481 e. The first-order valence-corrected chi connectivity index (χ1v) is 13.0. The van der Waals surface area contributed by atoms with Gasteiger partial charge in [-0.2, -0.15) is 10.2 Å². The Bertz CT molecular complexity index is 927. The molecule has 0 bridgehead atoms. The number of hydrogen-bond donors (Lipinski definition) is 1. The molecule has 1 aliphatic rings. The summed E-state index contributed by atoms with van der Waals surface area (Å²) in [5.74, 6) is 0.799. The monoisotopic (exact) mass is 502 g/mol. The van der Waals surface area contributed by atoms with E-state index in [0.717, 1.165) is 41.2 Å². The summed E-state index contributed by atoms with van der Waals surface area (Å²) in [5, 5.41) is 15.8. The molecule has 0 amide bonds. The van der Waals surface area contributed by atoms with Crippen LogP contribution in [0.1, 0.15) is 109 Å². The van der Waals surface area contributed by atoms with E-state index < -0.39 is 5.97 Å². The average Bonchev–Trinajstić information content (AvgIpc) is 2.83. The Labute approximate surface area is 218 Å². The second kappa shape index (κ2) is 22.5. The van der Waals surface area contributed by atoms with Crippen molar-refractivity contribution in [2.45, 2.75) is 107 Å². The Balaban J connectivity index is 0. The van der Waals surface area contributed by atoms with Crippen LogP contribution in [0.2, 0.25) is 0 Å². The van der Waals surface area contributed by atoms with E-state index in [1.54, 1.807) is 25.4 Å². The fourth-order valence-corrected chi connectivity index (χ4v) is 2.63. The minimum atomic E-state index is -0.670. The zero-order valence-electron chi connectivity index (χ0n) is 23.9. The predicted molar refractivity (Wildman–Crippen MR) is 151 cm³/mol. The van der Waals surface area contributed by atoms with Gasteiger partial charge >= 0.3 is 5.97 Å². The number of benzene rings is 1. The summed E-state index contributed by atoms with van der Waals surface area (Å²) < 4.78 is 12.6. The maximum Gasteiger partial charge on any atom is 0.303 e. The van der Waals surface area contributed by atoms with Gasteiger partial charge in [0.05, 0.1) is 12.4 Å². The molecule has 202 valence electrons. The van der Waals surface area contributed by atoms with Gasteiger partial charge in [0.1, 0.15) is 11.7 Å². The van der Waals surface area contributed by atoms with Crippen LogP contribution in [0.25, 0.3) is 0 Å². The Morgan fingerprint density at radius 2 is 1.42 bits per heavy atom. The summed E-state index contributed by atoms with van der Waals surface area (Å²) in [4.78, 5) is 18.3. The fraction of sp³-hybridized carbons (Fsp3) is 0.552. The zero-order chi connectivity index (χ0) is 27.9. The predicted octanol–water partition coefficient (Wildman–Crippen LogP) is 8.28. The highest BCUT2D eigenvalue weighted by Crippen LogP contribution is 2.12. The number of rotatable bonds is 7. The number of aromatic nitrogens is 2. The van der Waals surface area contributed by atoms with Crippen LogP contribution in [0, 0.1) is 26.6 Å². The lowest BCUT2D eigenvalue weighted by atomic mass is 10.1. The van der Waals surface area contributed by atoms with Crippen molar-refractivity contribution in [2.75, 3.05) is 0 Å². The number of aryl methyl sites for hydroxylation is 3. The number of aliphatic carboxylic acids is 1. The van der Waals surface area contributed by atoms with E-state index in [9.17, 15) is 9.18 Å². The molecule has 0 fully saturated rings. The molecule has 0 radical (unpaired) electrons. The van der Waals surface area contributed by atoms with Crippen LogP contribution in [-0.4, -0.2) is 32.9 Å². The molecule has 3 rings (SSSR count). The van der Waals surface area contributed by atoms with Gasteiger partial charge in [0.25, 0.3) is 0 Å². The molecule has 0 atom stereocenters. The Kier molecular flexibility index (Phi) is 22.0. The maximum absolute atomic E-state index is 12.6. The zero-order valence-corrected chi connectivity index (χ0v) is 23.9. The summed E-state index contributed by atoms with van der Waals surface area (Å²) in [6, 6.07) is 5.22. The van der Waals surface area contributed by atoms with Crippen LogP contribution in [0.4, 0.5) is 4.39 Å². The van der Waals surface area contributed by atoms with Gasteiger partial charge in [0.15, 0.2) is 5.84 Å². The molecule has 0 unspecified atom stereocenters. The molecule has 1 aliphatic heterocycles. The molecule has 2 heterocycles. The van der Waals surface area contributed by atoms with Gasteiger partial charge in [-0.1, -0.05) is 78.9 Å². The van der Waals surface area contributed by atoms with Crippen LogP contribution in [0.5, 0.6) is 0 Å². The van der Waals surface area contributed by atoms with Gasteiger partial charge in [0.2, 0.25) is 0 Å². The van der Waals surface area contributed by atoms with Gasteiger partial charge in [0, 0.05) is 12.0 Å². The van der Waals surface area contributed by atoms with Crippen LogP contribution in [0.15, 0.2) is 40.6 Å². The standard InChI is InChI=1S/C8H9F.C8H8N4.C8H16O2.C3H8.C2H6/c1-6-3-4-7(2)8(9)5-6;1-5-3-9-10-4-7(5)8-11-6(2)12-8;1-2-3-4-5-6-7-8(9)10;1-3-2;1-2/h3-5H,1-2H3;3-4H,1-2H3;2-7H2,1H3,(H,9,10);3H2,1-2H3;1-2H3. The van der Waals surface area contributed by atoms with Crippen molar-refractivity contribution in [1.29, 1.82) is 0 Å². The van der Waals surface area contributed by atoms with Crippen molar-refractivity contribution in [3.63, 3.8) is 0 Å². The number of halogens is 1. The first kappa shape index (κ1) is 35.2. The maximum atomic E-state index is 12.6. The normalized spacial score (nSPS) is 10.7. The van der Waals surface area contributed by atoms with Gasteiger partial charge in [-0.05, 0) is 56.9 Å². The van der Waals surface area contributed by atoms with Crippen molar-refractivity contribution in [2.24, 2.45) is 9.98 Å². The molecule has 2 aromatic rings. The third kappa shape index (κ3) is 17.5. The lowest BCUT2D eigenvalue weighted by molar-refractivity contribution is -0.137. The molecule has 7 heteroatoms. The van der Waals surface area contributed by atoms with Crippen molar-refractivity contribution in [1.82, 2.24) is 10.2 Å². The number of nitrogens with zero attached hydrogens (tertiary/aromatic N) is 4. The van der Waals surface area contributed by atoms with E-state index >= 15 is 0 Å². The lowest BCUT2D eigenvalue weighted by Gasteiger charge is -2.10. The third-order valence-electron chi connectivity index (χ3n) is 4.53. The second-order valence-electron chi connectivity index (χ2n) is 8.20. The number of aliphatic imine (C=N–C) groups is 2. The second-order valence-corrected chi connectivity index (χ2v) is 8.20. The average molecular weight is 503 g/mol. The number of carboxylic acids is 1. The van der Waals surface area contributed by atoms with E-state index in [-0.39, 0.29) is 5.82 Å². The SMILES string of the molecule is CC.CC1=NC(c2cnncc2C)=N1.CCC.CCCCCCCC(=O)O.Cc1ccc(C)c(F)c1. The molecule has 0 saturated carbocycles. The summed E-state index contributed by atoms with van der Waals surface area (Å²) >= 11 is 0. The van der Waals surface area contributed by atoms with E-state index in [1.807, 2.05) is 40.7 Å². The summed E-state index contributed by atoms with van der Waals surface area (Å²) in [7, 11) is 0. The Morgan fingerprint density at radius 3 is 1.86 bits per heavy atom. The molecule has 0 saturated heterocycles. The van der Waals surface area contributed by atoms with Gasteiger partial charge in [-0.3, -0.25) is 4.79 Å². The highest BCUT2D eigenvalue weighted by atomic mass is 19.1. The summed E-state index contributed by atoms with van der Waals surface area (Å²) in [6.45, 7) is 17.9. The molecule has 1 aromatic heterocycles. The first-order chi connectivity index (χ1) is 17.2. The largest absolute Gasteiger partial charge is 0.481 e. The summed E-state index contributed by atoms with van der Waals surface area (Å²) in [6.07, 6.45) is 10.5. The Hall–Kier alpha value is -2.96. The minimum absolute atomic E-state index is 0.116. The first-order valence-electron chi connectivity index (χ1n) is 13.0. The highest BCUT2D eigenvalue weighted by molar-refractivity contribution is 6.18. The van der Waals surface area contributed by atoms with Crippen molar-refractivity contribution in [3.05, 3.63) is 58.7 Å². The van der Waals surface area contributed by atoms with Crippen LogP contribution < -0.4 is 0 Å². The molecule has 1 N–H and O–H groups in total. The third-order valence-corrected chi connectivity index (χ3v) is 4.53. The van der Waals surface area contributed by atoms with Crippen LogP contribution >= 0.6 is 0 Å². The smallest absolute Gasteiger partial charge is 0.303 e. The molecule has 36 heavy (non-hydrogen) atoms. The Morgan fingerprint density at radius 1 is 0.861 bits per heavy atom. The summed E-state index contributed by atoms with van der Waals surface area (Å²) in [5.41, 5.74) is 3.70. The van der Waals surface area contributed by atoms with Gasteiger partial charge in [-0.25, -0.2) is 14.4 Å². The number of carbonyl (C=O) groups is 1. The van der Waals surface area contributed by atoms with Gasteiger partial charge in [-0.15, -0.1) is 0 Å². The molecular weight excluding hydrogens is 455 g/mol. The van der Waals surface area contributed by atoms with E-state index in [2.05, 4.69) is 41.0 Å². The number of unbranched alkanes of at least 4 members (excludes halogenated alkanes) is 4. The molecule has 0 aliphatic carbocycles. The lowest BCUT2D eigenvalue weighted by Crippen LogP contribution is -2.13. The van der Waals surface area contributed by atoms with E-state index in [1.165, 1.54) is 31.7 Å². The van der Waals surface area contributed by atoms with Crippen LogP contribution in [-0.2, 0) is 4.79 Å². The highest BCUT2D eigenvalue weighted by Gasteiger charge is 2.12. The molecule has 0 spiro atoms. The molecule has 1 aromatic carbocycles. The fourth-order valence-electron chi connectivity index (χ4n) is 2.63. The van der Waals surface area contributed by atoms with Crippen molar-refractivity contribution < 1.29 is 14.3 Å².